The predicted molar refractivity (Wildman–Crippen MR) is 60.4 cm³/mol. The van der Waals surface area contributed by atoms with E-state index >= 15 is 0 Å². The van der Waals surface area contributed by atoms with Gasteiger partial charge in [0.1, 0.15) is 5.75 Å². The third-order valence-electron chi connectivity index (χ3n) is 2.15. The normalized spacial score (nSPS) is 11.8. The van der Waals surface area contributed by atoms with Crippen LogP contribution in [-0.4, -0.2) is 22.1 Å². The Morgan fingerprint density at radius 1 is 1.44 bits per heavy atom. The molecule has 18 heavy (non-hydrogen) atoms. The Kier molecular flexibility index (Phi) is 3.05. The summed E-state index contributed by atoms with van der Waals surface area (Å²) in [5, 5.41) is 4.17. The van der Waals surface area contributed by atoms with Gasteiger partial charge in [0.05, 0.1) is 16.2 Å². The number of ether oxygens (including phenoxy) is 1. The van der Waals surface area contributed by atoms with E-state index in [0.29, 0.717) is 10.9 Å². The molecule has 1 aromatic carbocycles. The second-order valence-electron chi connectivity index (χ2n) is 3.46. The molecule has 0 radical (unpaired) electrons. The molecule has 96 valence electrons. The molecule has 2 rings (SSSR count). The maximum absolute atomic E-state index is 12.1. The largest absolute Gasteiger partial charge is 0.573 e. The fourth-order valence-electron chi connectivity index (χ4n) is 1.48. The number of alkyl halides is 3. The number of halogens is 4. The number of carbonyl (C=O) groups is 1. The van der Waals surface area contributed by atoms with Gasteiger partial charge in [-0.25, -0.2) is 4.68 Å². The van der Waals surface area contributed by atoms with Crippen LogP contribution >= 0.6 is 15.9 Å². The molecule has 0 aliphatic heterocycles. The average Bonchev–Trinajstić information content (AvgIpc) is 2.59. The molecule has 1 aromatic heterocycles. The van der Waals surface area contributed by atoms with Crippen molar-refractivity contribution in [2.24, 2.45) is 0 Å². The molecule has 0 unspecified atom stereocenters. The molecule has 0 bridgehead atoms. The molecule has 0 aliphatic carbocycles. The van der Waals surface area contributed by atoms with Crippen molar-refractivity contribution in [3.8, 4) is 5.75 Å². The molecule has 0 spiro atoms. The summed E-state index contributed by atoms with van der Waals surface area (Å²) < 4.78 is 41.4. The van der Waals surface area contributed by atoms with E-state index in [1.165, 1.54) is 25.3 Å². The van der Waals surface area contributed by atoms with Crippen LogP contribution in [0, 0.1) is 0 Å². The summed E-state index contributed by atoms with van der Waals surface area (Å²) in [6, 6.07) is 2.52. The van der Waals surface area contributed by atoms with Gasteiger partial charge < -0.3 is 4.74 Å². The molecule has 2 aromatic rings. The SMILES string of the molecule is CC(=O)n1ncc2cc(OC(F)(F)F)c(Br)cc21. The Bertz CT molecular complexity index is 621. The molecule has 0 fully saturated rings. The van der Waals surface area contributed by atoms with Crippen LogP contribution in [0.25, 0.3) is 10.9 Å². The highest BCUT2D eigenvalue weighted by atomic mass is 79.9. The Balaban J connectivity index is 2.54. The van der Waals surface area contributed by atoms with Crippen molar-refractivity contribution in [2.45, 2.75) is 13.3 Å². The van der Waals surface area contributed by atoms with Gasteiger partial charge in [0, 0.05) is 12.3 Å². The molecule has 1 heterocycles. The van der Waals surface area contributed by atoms with Crippen molar-refractivity contribution in [3.63, 3.8) is 0 Å². The molecule has 0 saturated carbocycles. The number of benzene rings is 1. The van der Waals surface area contributed by atoms with Crippen molar-refractivity contribution >= 4 is 32.7 Å². The Hall–Kier alpha value is -1.57. The fourth-order valence-corrected chi connectivity index (χ4v) is 1.89. The Morgan fingerprint density at radius 3 is 2.67 bits per heavy atom. The van der Waals surface area contributed by atoms with E-state index in [2.05, 4.69) is 25.8 Å². The van der Waals surface area contributed by atoms with Crippen LogP contribution in [0.4, 0.5) is 13.2 Å². The monoisotopic (exact) mass is 322 g/mol. The predicted octanol–water partition coefficient (Wildman–Crippen LogP) is 3.36. The lowest BCUT2D eigenvalue weighted by molar-refractivity contribution is -0.274. The van der Waals surface area contributed by atoms with Crippen molar-refractivity contribution in [1.29, 1.82) is 0 Å². The van der Waals surface area contributed by atoms with Crippen molar-refractivity contribution in [2.75, 3.05) is 0 Å². The summed E-state index contributed by atoms with van der Waals surface area (Å²) in [6.07, 6.45) is -3.47. The maximum Gasteiger partial charge on any atom is 0.573 e. The van der Waals surface area contributed by atoms with Crippen LogP contribution in [0.1, 0.15) is 11.7 Å². The van der Waals surface area contributed by atoms with E-state index in [0.717, 1.165) is 4.68 Å². The average molecular weight is 323 g/mol. The first kappa shape index (κ1) is 12.9. The van der Waals surface area contributed by atoms with Crippen LogP contribution in [0.5, 0.6) is 5.75 Å². The smallest absolute Gasteiger partial charge is 0.405 e. The first-order valence-corrected chi connectivity index (χ1v) is 5.51. The van der Waals surface area contributed by atoms with Crippen LogP contribution in [-0.2, 0) is 0 Å². The van der Waals surface area contributed by atoms with E-state index in [9.17, 15) is 18.0 Å². The van der Waals surface area contributed by atoms with Gasteiger partial charge in [-0.05, 0) is 28.1 Å². The second-order valence-corrected chi connectivity index (χ2v) is 4.32. The van der Waals surface area contributed by atoms with E-state index in [1.54, 1.807) is 0 Å². The lowest BCUT2D eigenvalue weighted by atomic mass is 10.2. The van der Waals surface area contributed by atoms with E-state index in [4.69, 9.17) is 0 Å². The summed E-state index contributed by atoms with van der Waals surface area (Å²) >= 11 is 2.96. The lowest BCUT2D eigenvalue weighted by Crippen LogP contribution is -2.17. The van der Waals surface area contributed by atoms with Crippen LogP contribution in [0.3, 0.4) is 0 Å². The van der Waals surface area contributed by atoms with Gasteiger partial charge in [-0.1, -0.05) is 0 Å². The number of carbonyl (C=O) groups excluding carboxylic acids is 1. The summed E-state index contributed by atoms with van der Waals surface area (Å²) in [6.45, 7) is 1.31. The Morgan fingerprint density at radius 2 is 2.11 bits per heavy atom. The van der Waals surface area contributed by atoms with E-state index < -0.39 is 6.36 Å². The zero-order chi connectivity index (χ0) is 13.5. The number of aromatic nitrogens is 2. The van der Waals surface area contributed by atoms with Crippen LogP contribution in [0.2, 0.25) is 0 Å². The summed E-state index contributed by atoms with van der Waals surface area (Å²) in [5.41, 5.74) is 0.406. The highest BCUT2D eigenvalue weighted by Gasteiger charge is 2.32. The molecular weight excluding hydrogens is 317 g/mol. The molecular formula is C10H6BrF3N2O2. The van der Waals surface area contributed by atoms with Crippen molar-refractivity contribution < 1.29 is 22.7 Å². The van der Waals surface area contributed by atoms with Gasteiger partial charge in [0.25, 0.3) is 0 Å². The molecule has 0 atom stereocenters. The highest BCUT2D eigenvalue weighted by molar-refractivity contribution is 9.10. The van der Waals surface area contributed by atoms with Gasteiger partial charge in [-0.2, -0.15) is 5.10 Å². The zero-order valence-electron chi connectivity index (χ0n) is 8.95. The van der Waals surface area contributed by atoms with Crippen LogP contribution in [0.15, 0.2) is 22.8 Å². The van der Waals surface area contributed by atoms with Gasteiger partial charge in [-0.15, -0.1) is 13.2 Å². The van der Waals surface area contributed by atoms with Gasteiger partial charge in [-0.3, -0.25) is 4.79 Å². The highest BCUT2D eigenvalue weighted by Crippen LogP contribution is 2.34. The van der Waals surface area contributed by atoms with Crippen molar-refractivity contribution in [1.82, 2.24) is 9.78 Å². The maximum atomic E-state index is 12.1. The minimum Gasteiger partial charge on any atom is -0.405 e. The summed E-state index contributed by atoms with van der Waals surface area (Å²) in [5.74, 6) is -0.709. The van der Waals surface area contributed by atoms with E-state index in [-0.39, 0.29) is 16.1 Å². The molecule has 4 nitrogen and oxygen atoms in total. The number of rotatable bonds is 1. The quantitative estimate of drug-likeness (QED) is 0.808. The summed E-state index contributed by atoms with van der Waals surface area (Å²) in [7, 11) is 0. The van der Waals surface area contributed by atoms with Gasteiger partial charge in [0.2, 0.25) is 5.91 Å². The van der Waals surface area contributed by atoms with Crippen LogP contribution < -0.4 is 4.74 Å². The number of fused-ring (bicyclic) bond motifs is 1. The topological polar surface area (TPSA) is 44.1 Å². The molecule has 0 saturated heterocycles. The zero-order valence-corrected chi connectivity index (χ0v) is 10.5. The molecule has 8 heteroatoms. The minimum atomic E-state index is -4.77. The molecule has 0 amide bonds. The Labute approximate surface area is 107 Å². The minimum absolute atomic E-state index is 0.0929. The molecule has 0 N–H and O–H groups in total. The van der Waals surface area contributed by atoms with E-state index in [1.807, 2.05) is 0 Å². The van der Waals surface area contributed by atoms with Gasteiger partial charge in [0.15, 0.2) is 0 Å². The first-order valence-electron chi connectivity index (χ1n) is 4.72. The van der Waals surface area contributed by atoms with Crippen molar-refractivity contribution in [3.05, 3.63) is 22.8 Å². The van der Waals surface area contributed by atoms with Gasteiger partial charge >= 0.3 is 6.36 Å². The second kappa shape index (κ2) is 4.27. The number of nitrogens with zero attached hydrogens (tertiary/aromatic N) is 2. The lowest BCUT2D eigenvalue weighted by Gasteiger charge is -2.10. The summed E-state index contributed by atoms with van der Waals surface area (Å²) in [4.78, 5) is 11.2. The third-order valence-corrected chi connectivity index (χ3v) is 2.77. The first-order chi connectivity index (χ1) is 8.28. The molecule has 0 aliphatic rings. The number of hydrogen-bond donors (Lipinski definition) is 0. The third kappa shape index (κ3) is 2.47. The standard InChI is InChI=1S/C10H6BrF3N2O2/c1-5(17)16-8-3-7(11)9(18-10(12,13)14)2-6(8)4-15-16/h2-4H,1H3. The number of hydrogen-bond acceptors (Lipinski definition) is 3. The fraction of sp³-hybridized carbons (Fsp3) is 0.200.